The van der Waals surface area contributed by atoms with Crippen molar-refractivity contribution in [2.24, 2.45) is 0 Å². The smallest absolute Gasteiger partial charge is 0.223 e. The van der Waals surface area contributed by atoms with E-state index in [1.165, 1.54) is 11.3 Å². The van der Waals surface area contributed by atoms with Crippen LogP contribution in [-0.2, 0) is 16.0 Å². The van der Waals surface area contributed by atoms with E-state index in [9.17, 15) is 4.79 Å². The number of carbonyl (C=O) groups excluding carboxylic acids is 1. The van der Waals surface area contributed by atoms with Gasteiger partial charge in [0.25, 0.3) is 0 Å². The topological polar surface area (TPSA) is 32.8 Å². The number of hydrogen-bond acceptors (Lipinski definition) is 3. The third kappa shape index (κ3) is 3.96. The summed E-state index contributed by atoms with van der Waals surface area (Å²) in [5.41, 5.74) is 2.40. The van der Waals surface area contributed by atoms with Gasteiger partial charge in [-0.2, -0.15) is 0 Å². The van der Waals surface area contributed by atoms with Gasteiger partial charge in [-0.3, -0.25) is 4.79 Å². The van der Waals surface area contributed by atoms with Gasteiger partial charge in [-0.25, -0.2) is 0 Å². The highest BCUT2D eigenvalue weighted by Gasteiger charge is 2.16. The van der Waals surface area contributed by atoms with E-state index in [-0.39, 0.29) is 5.91 Å². The lowest BCUT2D eigenvalue weighted by molar-refractivity contribution is -0.135. The number of benzene rings is 1. The fourth-order valence-electron chi connectivity index (χ4n) is 2.18. The number of rotatable bonds is 4. The predicted molar refractivity (Wildman–Crippen MR) is 76.5 cm³/mol. The minimum absolute atomic E-state index is 0.236. The Kier molecular flexibility index (Phi) is 4.80. The van der Waals surface area contributed by atoms with Crippen LogP contribution in [0.3, 0.4) is 0 Å². The van der Waals surface area contributed by atoms with Gasteiger partial charge >= 0.3 is 0 Å². The molecule has 1 heterocycles. The minimum atomic E-state index is 0.236. The second-order valence-corrected chi connectivity index (χ2v) is 5.05. The molecule has 1 saturated heterocycles. The lowest BCUT2D eigenvalue weighted by atomic mass is 10.1. The van der Waals surface area contributed by atoms with E-state index in [1.807, 2.05) is 19.0 Å². The largest absolute Gasteiger partial charge is 0.378 e. The summed E-state index contributed by atoms with van der Waals surface area (Å²) < 4.78 is 5.25. The standard InChI is InChI=1S/C15H22N2O2/c1-16(2)14-6-3-13(4-7-14)5-8-15(18)17-9-11-19-12-10-17/h3-4,6-7H,5,8-12H2,1-2H3. The van der Waals surface area contributed by atoms with Crippen molar-refractivity contribution in [1.82, 2.24) is 4.90 Å². The molecule has 0 bridgehead atoms. The third-order valence-electron chi connectivity index (χ3n) is 3.44. The van der Waals surface area contributed by atoms with E-state index < -0.39 is 0 Å². The fourth-order valence-corrected chi connectivity index (χ4v) is 2.18. The number of hydrogen-bond donors (Lipinski definition) is 0. The molecule has 0 N–H and O–H groups in total. The SMILES string of the molecule is CN(C)c1ccc(CCC(=O)N2CCOCC2)cc1. The Hall–Kier alpha value is -1.55. The average Bonchev–Trinajstić information content (AvgIpc) is 2.46. The van der Waals surface area contributed by atoms with Gasteiger partial charge in [-0.05, 0) is 24.1 Å². The van der Waals surface area contributed by atoms with E-state index in [1.54, 1.807) is 0 Å². The maximum absolute atomic E-state index is 12.0. The number of ether oxygens (including phenoxy) is 1. The number of morpholine rings is 1. The molecule has 0 saturated carbocycles. The summed E-state index contributed by atoms with van der Waals surface area (Å²) in [4.78, 5) is 16.0. The molecule has 0 aliphatic carbocycles. The van der Waals surface area contributed by atoms with Crippen LogP contribution >= 0.6 is 0 Å². The van der Waals surface area contributed by atoms with Gasteiger partial charge in [0.15, 0.2) is 0 Å². The summed E-state index contributed by atoms with van der Waals surface area (Å²) in [5, 5.41) is 0. The molecule has 1 aromatic rings. The maximum Gasteiger partial charge on any atom is 0.223 e. The van der Waals surface area contributed by atoms with Crippen molar-refractivity contribution in [3.63, 3.8) is 0 Å². The molecule has 19 heavy (non-hydrogen) atoms. The quantitative estimate of drug-likeness (QED) is 0.825. The number of aryl methyl sites for hydroxylation is 1. The second kappa shape index (κ2) is 6.57. The minimum Gasteiger partial charge on any atom is -0.378 e. The highest BCUT2D eigenvalue weighted by Crippen LogP contribution is 2.14. The van der Waals surface area contributed by atoms with E-state index in [0.717, 1.165) is 19.5 Å². The summed E-state index contributed by atoms with van der Waals surface area (Å²) in [7, 11) is 4.05. The summed E-state index contributed by atoms with van der Waals surface area (Å²) in [6.45, 7) is 2.81. The first-order valence-electron chi connectivity index (χ1n) is 6.78. The number of anilines is 1. The lowest BCUT2D eigenvalue weighted by Crippen LogP contribution is -2.40. The molecule has 0 aromatic heterocycles. The molecule has 4 heteroatoms. The second-order valence-electron chi connectivity index (χ2n) is 5.05. The fraction of sp³-hybridized carbons (Fsp3) is 0.533. The van der Waals surface area contributed by atoms with Gasteiger partial charge in [0.1, 0.15) is 0 Å². The van der Waals surface area contributed by atoms with Gasteiger partial charge in [0, 0.05) is 39.3 Å². The molecule has 0 radical (unpaired) electrons. The molecule has 1 aliphatic heterocycles. The highest BCUT2D eigenvalue weighted by atomic mass is 16.5. The van der Waals surface area contributed by atoms with Crippen molar-refractivity contribution >= 4 is 11.6 Å². The van der Waals surface area contributed by atoms with Gasteiger partial charge in [-0.1, -0.05) is 12.1 Å². The van der Waals surface area contributed by atoms with Crippen molar-refractivity contribution in [2.75, 3.05) is 45.3 Å². The van der Waals surface area contributed by atoms with Crippen LogP contribution in [0.2, 0.25) is 0 Å². The van der Waals surface area contributed by atoms with Crippen molar-refractivity contribution < 1.29 is 9.53 Å². The summed E-state index contributed by atoms with van der Waals surface area (Å²) in [6.07, 6.45) is 1.39. The molecular weight excluding hydrogens is 240 g/mol. The van der Waals surface area contributed by atoms with Gasteiger partial charge < -0.3 is 14.5 Å². The Labute approximate surface area is 115 Å². The summed E-state index contributed by atoms with van der Waals surface area (Å²) in [6, 6.07) is 8.38. The van der Waals surface area contributed by atoms with Crippen molar-refractivity contribution in [3.05, 3.63) is 29.8 Å². The van der Waals surface area contributed by atoms with Crippen LogP contribution in [0, 0.1) is 0 Å². The van der Waals surface area contributed by atoms with E-state index in [0.29, 0.717) is 19.6 Å². The van der Waals surface area contributed by atoms with Crippen LogP contribution in [0.5, 0.6) is 0 Å². The van der Waals surface area contributed by atoms with Crippen molar-refractivity contribution in [1.29, 1.82) is 0 Å². The molecule has 0 unspecified atom stereocenters. The Morgan fingerprint density at radius 3 is 2.42 bits per heavy atom. The summed E-state index contributed by atoms with van der Waals surface area (Å²) >= 11 is 0. The molecule has 0 spiro atoms. The monoisotopic (exact) mass is 262 g/mol. The molecule has 1 aliphatic rings. The van der Waals surface area contributed by atoms with Crippen LogP contribution in [0.1, 0.15) is 12.0 Å². The zero-order valence-corrected chi connectivity index (χ0v) is 11.8. The summed E-state index contributed by atoms with van der Waals surface area (Å²) in [5.74, 6) is 0.236. The van der Waals surface area contributed by atoms with Crippen LogP contribution in [0.15, 0.2) is 24.3 Å². The van der Waals surface area contributed by atoms with Crippen LogP contribution in [-0.4, -0.2) is 51.2 Å². The maximum atomic E-state index is 12.0. The van der Waals surface area contributed by atoms with Gasteiger partial charge in [0.2, 0.25) is 5.91 Å². The first kappa shape index (κ1) is 13.9. The van der Waals surface area contributed by atoms with Gasteiger partial charge in [0.05, 0.1) is 13.2 Å². The predicted octanol–water partition coefficient (Wildman–Crippen LogP) is 1.54. The number of amides is 1. The average molecular weight is 262 g/mol. The normalized spacial score (nSPS) is 15.4. The molecule has 104 valence electrons. The van der Waals surface area contributed by atoms with Crippen LogP contribution < -0.4 is 4.90 Å². The molecule has 1 amide bonds. The zero-order chi connectivity index (χ0) is 13.7. The van der Waals surface area contributed by atoms with Crippen LogP contribution in [0.4, 0.5) is 5.69 Å². The molecule has 0 atom stereocenters. The first-order chi connectivity index (χ1) is 9.16. The van der Waals surface area contributed by atoms with E-state index in [2.05, 4.69) is 29.2 Å². The lowest BCUT2D eigenvalue weighted by Gasteiger charge is -2.26. The number of nitrogens with zero attached hydrogens (tertiary/aromatic N) is 2. The molecule has 1 fully saturated rings. The Balaban J connectivity index is 1.82. The molecular formula is C15H22N2O2. The van der Waals surface area contributed by atoms with Gasteiger partial charge in [-0.15, -0.1) is 0 Å². The highest BCUT2D eigenvalue weighted by molar-refractivity contribution is 5.76. The van der Waals surface area contributed by atoms with Crippen molar-refractivity contribution in [3.8, 4) is 0 Å². The number of carbonyl (C=O) groups is 1. The third-order valence-corrected chi connectivity index (χ3v) is 3.44. The van der Waals surface area contributed by atoms with Crippen molar-refractivity contribution in [2.45, 2.75) is 12.8 Å². The zero-order valence-electron chi connectivity index (χ0n) is 11.8. The Morgan fingerprint density at radius 2 is 1.84 bits per heavy atom. The molecule has 1 aromatic carbocycles. The van der Waals surface area contributed by atoms with E-state index in [4.69, 9.17) is 4.74 Å². The Bertz CT molecular complexity index is 409. The Morgan fingerprint density at radius 1 is 1.21 bits per heavy atom. The van der Waals surface area contributed by atoms with Crippen LogP contribution in [0.25, 0.3) is 0 Å². The van der Waals surface area contributed by atoms with E-state index >= 15 is 0 Å². The first-order valence-corrected chi connectivity index (χ1v) is 6.78. The molecule has 2 rings (SSSR count). The molecule has 4 nitrogen and oxygen atoms in total.